The minimum Gasteiger partial charge on any atom is -0.488 e. The van der Waals surface area contributed by atoms with E-state index < -0.39 is 28.2 Å². The van der Waals surface area contributed by atoms with E-state index in [1.807, 2.05) is 43.3 Å². The van der Waals surface area contributed by atoms with Crippen LogP contribution in [-0.4, -0.2) is 73.6 Å². The van der Waals surface area contributed by atoms with Crippen molar-refractivity contribution in [2.45, 2.75) is 30.9 Å². The van der Waals surface area contributed by atoms with Gasteiger partial charge in [0.25, 0.3) is 5.91 Å². The molecule has 5 rings (SSSR count). The van der Waals surface area contributed by atoms with Gasteiger partial charge in [-0.15, -0.1) is 0 Å². The van der Waals surface area contributed by atoms with E-state index in [4.69, 9.17) is 16.3 Å². The van der Waals surface area contributed by atoms with Gasteiger partial charge < -0.3 is 25.4 Å². The van der Waals surface area contributed by atoms with Crippen LogP contribution < -0.4 is 15.4 Å². The van der Waals surface area contributed by atoms with Crippen molar-refractivity contribution in [1.29, 1.82) is 0 Å². The SMILES string of the molecule is C[C@H](CO)N1C[C@H](C)[C@@H](CN(C)S(=O)(=O)c2ccc(Cl)cc2)Oc2ccc(NC(=O)Nc3cccc4ccccc34)cc2C1=O. The maximum Gasteiger partial charge on any atom is 0.323 e. The number of urea groups is 1. The number of hydrogen-bond acceptors (Lipinski definition) is 6. The zero-order valence-electron chi connectivity index (χ0n) is 25.1. The maximum absolute atomic E-state index is 13.8. The molecule has 3 N–H and O–H groups in total. The molecule has 0 saturated heterocycles. The number of amides is 3. The third-order valence-corrected chi connectivity index (χ3v) is 10.0. The summed E-state index contributed by atoms with van der Waals surface area (Å²) in [6.07, 6.45) is -0.647. The topological polar surface area (TPSA) is 128 Å². The van der Waals surface area contributed by atoms with Crippen molar-refractivity contribution in [3.05, 3.63) is 95.5 Å². The molecule has 1 aliphatic rings. The number of halogens is 1. The Balaban J connectivity index is 1.41. The maximum atomic E-state index is 13.8. The molecular formula is C33H35ClN4O6S. The van der Waals surface area contributed by atoms with Gasteiger partial charge in [-0.3, -0.25) is 4.79 Å². The van der Waals surface area contributed by atoms with E-state index in [-0.39, 0.29) is 47.7 Å². The van der Waals surface area contributed by atoms with E-state index in [1.54, 1.807) is 30.0 Å². The van der Waals surface area contributed by atoms with Gasteiger partial charge in [0, 0.05) is 35.6 Å². The largest absolute Gasteiger partial charge is 0.488 e. The number of hydrogen-bond donors (Lipinski definition) is 3. The molecule has 4 aromatic rings. The Morgan fingerprint density at radius 2 is 1.78 bits per heavy atom. The van der Waals surface area contributed by atoms with Crippen LogP contribution in [0.1, 0.15) is 24.2 Å². The Morgan fingerprint density at radius 3 is 2.51 bits per heavy atom. The molecule has 12 heteroatoms. The highest BCUT2D eigenvalue weighted by atomic mass is 35.5. The van der Waals surface area contributed by atoms with Crippen molar-refractivity contribution in [3.63, 3.8) is 0 Å². The molecule has 0 spiro atoms. The van der Waals surface area contributed by atoms with Crippen LogP contribution in [0.15, 0.2) is 89.8 Å². The third kappa shape index (κ3) is 7.07. The van der Waals surface area contributed by atoms with Crippen LogP contribution >= 0.6 is 11.6 Å². The summed E-state index contributed by atoms with van der Waals surface area (Å²) >= 11 is 5.95. The van der Waals surface area contributed by atoms with E-state index in [2.05, 4.69) is 10.6 Å². The molecule has 3 atom stereocenters. The quantitative estimate of drug-likeness (QED) is 0.225. The van der Waals surface area contributed by atoms with Crippen LogP contribution in [0, 0.1) is 5.92 Å². The van der Waals surface area contributed by atoms with Crippen molar-refractivity contribution in [2.75, 3.05) is 37.4 Å². The average molecular weight is 651 g/mol. The van der Waals surface area contributed by atoms with Gasteiger partial charge in [-0.25, -0.2) is 13.2 Å². The first-order valence-electron chi connectivity index (χ1n) is 14.5. The Labute approximate surface area is 267 Å². The smallest absolute Gasteiger partial charge is 0.323 e. The van der Waals surface area contributed by atoms with Crippen molar-refractivity contribution < 1.29 is 27.9 Å². The highest BCUT2D eigenvalue weighted by Gasteiger charge is 2.35. The van der Waals surface area contributed by atoms with Gasteiger partial charge in [0.1, 0.15) is 11.9 Å². The first kappa shape index (κ1) is 32.2. The van der Waals surface area contributed by atoms with E-state index in [1.165, 1.54) is 41.7 Å². The lowest BCUT2D eigenvalue weighted by Crippen LogP contribution is -2.50. The van der Waals surface area contributed by atoms with Gasteiger partial charge in [0.05, 0.1) is 35.3 Å². The van der Waals surface area contributed by atoms with Crippen LogP contribution in [0.2, 0.25) is 5.02 Å². The summed E-state index contributed by atoms with van der Waals surface area (Å²) in [6, 6.07) is 22.9. The molecule has 0 bridgehead atoms. The molecule has 4 aromatic carbocycles. The number of ether oxygens (including phenoxy) is 1. The summed E-state index contributed by atoms with van der Waals surface area (Å²) < 4.78 is 34.2. The number of likely N-dealkylation sites (N-methyl/N-ethyl adjacent to an activating group) is 1. The zero-order chi connectivity index (χ0) is 32.3. The molecule has 3 amide bonds. The lowest BCUT2D eigenvalue weighted by Gasteiger charge is -2.38. The van der Waals surface area contributed by atoms with Crippen molar-refractivity contribution in [3.8, 4) is 5.75 Å². The summed E-state index contributed by atoms with van der Waals surface area (Å²) in [5, 5.41) is 17.9. The Hall–Kier alpha value is -4.16. The van der Waals surface area contributed by atoms with Crippen molar-refractivity contribution in [2.24, 2.45) is 5.92 Å². The average Bonchev–Trinajstić information content (AvgIpc) is 3.03. The van der Waals surface area contributed by atoms with Gasteiger partial charge >= 0.3 is 6.03 Å². The van der Waals surface area contributed by atoms with Crippen LogP contribution in [0.5, 0.6) is 5.75 Å². The number of carbonyl (C=O) groups excluding carboxylic acids is 2. The highest BCUT2D eigenvalue weighted by molar-refractivity contribution is 7.89. The van der Waals surface area contributed by atoms with Gasteiger partial charge in [0.2, 0.25) is 10.0 Å². The van der Waals surface area contributed by atoms with Crippen LogP contribution in [-0.2, 0) is 10.0 Å². The minimum absolute atomic E-state index is 0.00541. The highest BCUT2D eigenvalue weighted by Crippen LogP contribution is 2.32. The van der Waals surface area contributed by atoms with Gasteiger partial charge in [-0.1, -0.05) is 54.9 Å². The molecule has 0 unspecified atom stereocenters. The fourth-order valence-corrected chi connectivity index (χ4v) is 6.58. The molecule has 0 radical (unpaired) electrons. The number of nitrogens with zero attached hydrogens (tertiary/aromatic N) is 2. The first-order valence-corrected chi connectivity index (χ1v) is 16.3. The van der Waals surface area contributed by atoms with Gasteiger partial charge in [-0.05, 0) is 60.8 Å². The van der Waals surface area contributed by atoms with E-state index in [9.17, 15) is 23.1 Å². The van der Waals surface area contributed by atoms with E-state index >= 15 is 0 Å². The Bertz CT molecular complexity index is 1810. The minimum atomic E-state index is -3.86. The van der Waals surface area contributed by atoms with Crippen molar-refractivity contribution in [1.82, 2.24) is 9.21 Å². The first-order chi connectivity index (χ1) is 21.5. The number of carbonyl (C=O) groups is 2. The second-order valence-corrected chi connectivity index (χ2v) is 13.7. The zero-order valence-corrected chi connectivity index (χ0v) is 26.7. The normalized spacial score (nSPS) is 17.6. The molecule has 45 heavy (non-hydrogen) atoms. The van der Waals surface area contributed by atoms with E-state index in [0.29, 0.717) is 16.4 Å². The van der Waals surface area contributed by atoms with Crippen molar-refractivity contribution >= 4 is 55.7 Å². The number of benzene rings is 4. The predicted octanol–water partition coefficient (Wildman–Crippen LogP) is 5.68. The summed E-state index contributed by atoms with van der Waals surface area (Å²) in [5.74, 6) is -0.440. The Morgan fingerprint density at radius 1 is 1.07 bits per heavy atom. The summed E-state index contributed by atoms with van der Waals surface area (Å²) in [6.45, 7) is 3.54. The summed E-state index contributed by atoms with van der Waals surface area (Å²) in [5.41, 5.74) is 1.17. The molecule has 0 aromatic heterocycles. The number of nitrogens with one attached hydrogen (secondary N) is 2. The lowest BCUT2D eigenvalue weighted by molar-refractivity contribution is 0.0387. The molecule has 10 nitrogen and oxygen atoms in total. The van der Waals surface area contributed by atoms with Gasteiger partial charge in [-0.2, -0.15) is 4.31 Å². The molecule has 1 heterocycles. The Kier molecular flexibility index (Phi) is 9.64. The fourth-order valence-electron chi connectivity index (χ4n) is 5.28. The third-order valence-electron chi connectivity index (χ3n) is 7.92. The van der Waals surface area contributed by atoms with Crippen LogP contribution in [0.4, 0.5) is 16.2 Å². The number of sulfonamides is 1. The second kappa shape index (κ2) is 13.5. The molecular weight excluding hydrogens is 616 g/mol. The lowest BCUT2D eigenvalue weighted by atomic mass is 9.99. The molecule has 0 aliphatic carbocycles. The molecule has 0 saturated carbocycles. The number of aliphatic hydroxyl groups excluding tert-OH is 1. The number of aliphatic hydroxyl groups is 1. The van der Waals surface area contributed by atoms with E-state index in [0.717, 1.165) is 10.8 Å². The number of rotatable bonds is 8. The second-order valence-electron chi connectivity index (χ2n) is 11.2. The summed E-state index contributed by atoms with van der Waals surface area (Å²) in [4.78, 5) is 28.5. The standard InChI is InChI=1S/C33H35ClN4O6S/c1-21-18-38(22(2)20-39)32(40)28-17-25(35-33(41)36-29-10-6-8-23-7-4-5-9-27(23)29)13-16-30(28)44-31(21)19-37(3)45(42,43)26-14-11-24(34)12-15-26/h4-17,21-22,31,39H,18-20H2,1-3H3,(H2,35,36,41)/t21-,22+,31+/m0/s1. The number of anilines is 2. The summed E-state index contributed by atoms with van der Waals surface area (Å²) in [7, 11) is -2.39. The van der Waals surface area contributed by atoms with Crippen LogP contribution in [0.25, 0.3) is 10.8 Å². The molecule has 0 fully saturated rings. The number of fused-ring (bicyclic) bond motifs is 2. The fraction of sp³-hybridized carbons (Fsp3) is 0.273. The van der Waals surface area contributed by atoms with Crippen LogP contribution in [0.3, 0.4) is 0 Å². The monoisotopic (exact) mass is 650 g/mol. The predicted molar refractivity (Wildman–Crippen MR) is 175 cm³/mol. The van der Waals surface area contributed by atoms with Gasteiger partial charge in [0.15, 0.2) is 0 Å². The molecule has 236 valence electrons. The molecule has 1 aliphatic heterocycles.